The molecule has 0 N–H and O–H groups in total. The molecule has 0 aromatic carbocycles. The van der Waals surface area contributed by atoms with Crippen LogP contribution >= 0.6 is 11.8 Å². The molecular formula is C12H13N3O2S. The fourth-order valence-corrected chi connectivity index (χ4v) is 2.19. The first-order valence-corrected chi connectivity index (χ1v) is 6.41. The number of carbonyl (C=O) groups excluding carboxylic acids is 1. The summed E-state index contributed by atoms with van der Waals surface area (Å²) in [5.41, 5.74) is 0. The fourth-order valence-electron chi connectivity index (χ4n) is 1.44. The predicted octanol–water partition coefficient (Wildman–Crippen LogP) is 2.41. The minimum Gasteiger partial charge on any atom is -0.461 e. The van der Waals surface area contributed by atoms with Crippen LogP contribution in [0.2, 0.25) is 0 Å². The van der Waals surface area contributed by atoms with Gasteiger partial charge < -0.3 is 4.42 Å². The van der Waals surface area contributed by atoms with Crippen LogP contribution in [0.4, 0.5) is 0 Å². The Kier molecular flexibility index (Phi) is 3.99. The van der Waals surface area contributed by atoms with Gasteiger partial charge in [-0.1, -0.05) is 17.8 Å². The molecule has 2 aromatic rings. The number of hydrogen-bond acceptors (Lipinski definition) is 5. The molecule has 0 fully saturated rings. The van der Waals surface area contributed by atoms with Gasteiger partial charge in [0.25, 0.3) is 0 Å². The van der Waals surface area contributed by atoms with Gasteiger partial charge >= 0.3 is 0 Å². The number of aromatic nitrogens is 3. The first-order chi connectivity index (χ1) is 8.72. The average molecular weight is 263 g/mol. The quantitative estimate of drug-likeness (QED) is 0.591. The second-order valence-electron chi connectivity index (χ2n) is 3.67. The number of carbonyl (C=O) groups is 1. The molecule has 6 heteroatoms. The van der Waals surface area contributed by atoms with E-state index in [9.17, 15) is 4.79 Å². The number of ketones is 1. The Labute approximate surface area is 109 Å². The van der Waals surface area contributed by atoms with Gasteiger partial charge in [-0.15, -0.1) is 16.8 Å². The van der Waals surface area contributed by atoms with Crippen LogP contribution in [0.1, 0.15) is 6.92 Å². The van der Waals surface area contributed by atoms with Crippen molar-refractivity contribution in [1.82, 2.24) is 14.8 Å². The largest absolute Gasteiger partial charge is 0.461 e. The third-order valence-corrected chi connectivity index (χ3v) is 3.29. The summed E-state index contributed by atoms with van der Waals surface area (Å²) < 4.78 is 7.19. The van der Waals surface area contributed by atoms with Crippen molar-refractivity contribution in [2.75, 3.05) is 5.75 Å². The Morgan fingerprint density at radius 1 is 1.61 bits per heavy atom. The molecule has 0 aliphatic heterocycles. The lowest BCUT2D eigenvalue weighted by Gasteiger charge is -2.04. The molecule has 18 heavy (non-hydrogen) atoms. The molecule has 0 amide bonds. The number of furan rings is 1. The van der Waals surface area contributed by atoms with Gasteiger partial charge in [-0.25, -0.2) is 0 Å². The molecule has 5 nitrogen and oxygen atoms in total. The number of Topliss-reactive ketones (excluding diaryl/α,β-unsaturated/α-hetero) is 1. The smallest absolute Gasteiger partial charge is 0.200 e. The second kappa shape index (κ2) is 5.68. The maximum absolute atomic E-state index is 11.0. The van der Waals surface area contributed by atoms with Gasteiger partial charge in [0, 0.05) is 6.54 Å². The molecule has 0 spiro atoms. The number of thioether (sulfide) groups is 1. The zero-order chi connectivity index (χ0) is 13.0. The molecule has 0 aliphatic carbocycles. The van der Waals surface area contributed by atoms with E-state index < -0.39 is 0 Å². The van der Waals surface area contributed by atoms with Gasteiger partial charge in [-0.2, -0.15) is 0 Å². The van der Waals surface area contributed by atoms with Crippen molar-refractivity contribution in [2.24, 2.45) is 0 Å². The van der Waals surface area contributed by atoms with E-state index in [2.05, 4.69) is 16.8 Å². The van der Waals surface area contributed by atoms with Crippen LogP contribution in [-0.2, 0) is 11.3 Å². The van der Waals surface area contributed by atoms with Crippen LogP contribution in [0.25, 0.3) is 11.6 Å². The van der Waals surface area contributed by atoms with Gasteiger partial charge in [0.15, 0.2) is 10.9 Å². The lowest BCUT2D eigenvalue weighted by Crippen LogP contribution is -2.02. The summed E-state index contributed by atoms with van der Waals surface area (Å²) in [7, 11) is 0. The summed E-state index contributed by atoms with van der Waals surface area (Å²) in [6.45, 7) is 5.83. The predicted molar refractivity (Wildman–Crippen MR) is 69.3 cm³/mol. The highest BCUT2D eigenvalue weighted by atomic mass is 32.2. The second-order valence-corrected chi connectivity index (χ2v) is 4.62. The van der Waals surface area contributed by atoms with E-state index in [-0.39, 0.29) is 5.78 Å². The fraction of sp³-hybridized carbons (Fsp3) is 0.250. The molecule has 2 aromatic heterocycles. The van der Waals surface area contributed by atoms with Gasteiger partial charge in [-0.3, -0.25) is 9.36 Å². The summed E-state index contributed by atoms with van der Waals surface area (Å²) in [5.74, 6) is 1.78. The highest BCUT2D eigenvalue weighted by molar-refractivity contribution is 7.99. The lowest BCUT2D eigenvalue weighted by atomic mass is 10.4. The van der Waals surface area contributed by atoms with E-state index >= 15 is 0 Å². The highest BCUT2D eigenvalue weighted by Crippen LogP contribution is 2.24. The van der Waals surface area contributed by atoms with E-state index in [4.69, 9.17) is 4.42 Å². The molecule has 0 saturated heterocycles. The van der Waals surface area contributed by atoms with Crippen LogP contribution in [0.3, 0.4) is 0 Å². The van der Waals surface area contributed by atoms with Crippen LogP contribution in [0.15, 0.2) is 40.6 Å². The highest BCUT2D eigenvalue weighted by Gasteiger charge is 2.15. The van der Waals surface area contributed by atoms with E-state index in [0.29, 0.717) is 29.0 Å². The molecule has 0 atom stereocenters. The van der Waals surface area contributed by atoms with Crippen molar-refractivity contribution in [1.29, 1.82) is 0 Å². The van der Waals surface area contributed by atoms with Gasteiger partial charge in [0.2, 0.25) is 5.82 Å². The lowest BCUT2D eigenvalue weighted by molar-refractivity contribution is -0.114. The van der Waals surface area contributed by atoms with Crippen LogP contribution in [0.5, 0.6) is 0 Å². The third-order valence-electron chi connectivity index (χ3n) is 2.17. The van der Waals surface area contributed by atoms with Crippen molar-refractivity contribution in [2.45, 2.75) is 18.6 Å². The maximum atomic E-state index is 11.0. The average Bonchev–Trinajstić information content (AvgIpc) is 2.95. The normalized spacial score (nSPS) is 10.5. The van der Waals surface area contributed by atoms with Crippen molar-refractivity contribution >= 4 is 17.5 Å². The van der Waals surface area contributed by atoms with Crippen molar-refractivity contribution in [3.05, 3.63) is 31.1 Å². The van der Waals surface area contributed by atoms with E-state index in [1.54, 1.807) is 25.3 Å². The summed E-state index contributed by atoms with van der Waals surface area (Å²) in [4.78, 5) is 11.0. The maximum Gasteiger partial charge on any atom is 0.200 e. The molecule has 2 heterocycles. The Bertz CT molecular complexity index is 546. The number of rotatable bonds is 6. The Morgan fingerprint density at radius 3 is 3.06 bits per heavy atom. The van der Waals surface area contributed by atoms with Crippen molar-refractivity contribution < 1.29 is 9.21 Å². The van der Waals surface area contributed by atoms with Crippen LogP contribution in [0, 0.1) is 0 Å². The molecule has 94 valence electrons. The Hall–Kier alpha value is -1.82. The SMILES string of the molecule is C=CCn1c(SCC(C)=O)nnc1-c1ccco1. The van der Waals surface area contributed by atoms with Gasteiger partial charge in [0.1, 0.15) is 5.78 Å². The van der Waals surface area contributed by atoms with E-state index in [1.165, 1.54) is 11.8 Å². The molecule has 2 rings (SSSR count). The third kappa shape index (κ3) is 2.70. The van der Waals surface area contributed by atoms with E-state index in [1.807, 2.05) is 10.6 Å². The Morgan fingerprint density at radius 2 is 2.44 bits per heavy atom. The summed E-state index contributed by atoms with van der Waals surface area (Å²) in [6.07, 6.45) is 3.35. The number of allylic oxidation sites excluding steroid dienone is 1. The van der Waals surface area contributed by atoms with Gasteiger partial charge in [-0.05, 0) is 19.1 Å². The number of nitrogens with zero attached hydrogens (tertiary/aromatic N) is 3. The number of hydrogen-bond donors (Lipinski definition) is 0. The molecule has 0 saturated carbocycles. The van der Waals surface area contributed by atoms with Crippen LogP contribution < -0.4 is 0 Å². The molecule has 0 aliphatic rings. The first-order valence-electron chi connectivity index (χ1n) is 5.42. The summed E-state index contributed by atoms with van der Waals surface area (Å²) in [6, 6.07) is 3.62. The standard InChI is InChI=1S/C12H13N3O2S/c1-3-6-15-11(10-5-4-7-17-10)13-14-12(15)18-8-9(2)16/h3-5,7H,1,6,8H2,2H3. The first kappa shape index (κ1) is 12.6. The minimum absolute atomic E-state index is 0.104. The van der Waals surface area contributed by atoms with Crippen molar-refractivity contribution in [3.8, 4) is 11.6 Å². The Balaban J connectivity index is 2.31. The molecule has 0 unspecified atom stereocenters. The monoisotopic (exact) mass is 263 g/mol. The van der Waals surface area contributed by atoms with Crippen molar-refractivity contribution in [3.63, 3.8) is 0 Å². The molecule has 0 radical (unpaired) electrons. The van der Waals surface area contributed by atoms with Crippen LogP contribution in [-0.4, -0.2) is 26.3 Å². The zero-order valence-electron chi connectivity index (χ0n) is 10.00. The summed E-state index contributed by atoms with van der Waals surface area (Å²) in [5, 5.41) is 8.86. The molecule has 0 bridgehead atoms. The topological polar surface area (TPSA) is 60.9 Å². The molecular weight excluding hydrogens is 250 g/mol. The minimum atomic E-state index is 0.104. The zero-order valence-corrected chi connectivity index (χ0v) is 10.8. The van der Waals surface area contributed by atoms with Gasteiger partial charge in [0.05, 0.1) is 12.0 Å². The summed E-state index contributed by atoms with van der Waals surface area (Å²) >= 11 is 1.36. The van der Waals surface area contributed by atoms with E-state index in [0.717, 1.165) is 0 Å².